The molecule has 0 radical (unpaired) electrons. The second-order valence-electron chi connectivity index (χ2n) is 4.55. The molecule has 1 aromatic carbocycles. The maximum absolute atomic E-state index is 5.86. The zero-order valence-electron chi connectivity index (χ0n) is 10.9. The van der Waals surface area contributed by atoms with Gasteiger partial charge in [-0.3, -0.25) is 0 Å². The van der Waals surface area contributed by atoms with Gasteiger partial charge in [0.25, 0.3) is 0 Å². The standard InChI is InChI=1S/C15H21NO/c1-4-8-16-11(3)15-10-13-9-12(5-2)6-7-14(13)17-15/h6-7,9-11,16H,4-5,8H2,1-3H3. The van der Waals surface area contributed by atoms with Gasteiger partial charge in [0.2, 0.25) is 0 Å². The molecule has 0 bridgehead atoms. The van der Waals surface area contributed by atoms with Crippen LogP contribution < -0.4 is 5.32 Å². The summed E-state index contributed by atoms with van der Waals surface area (Å²) in [4.78, 5) is 0. The van der Waals surface area contributed by atoms with E-state index in [-0.39, 0.29) is 6.04 Å². The molecule has 1 unspecified atom stereocenters. The predicted octanol–water partition coefficient (Wildman–Crippen LogP) is 4.06. The highest BCUT2D eigenvalue weighted by molar-refractivity contribution is 5.78. The van der Waals surface area contributed by atoms with Gasteiger partial charge in [0.05, 0.1) is 6.04 Å². The second-order valence-corrected chi connectivity index (χ2v) is 4.55. The molecule has 0 amide bonds. The Kier molecular flexibility index (Phi) is 3.85. The molecule has 1 atom stereocenters. The molecule has 2 rings (SSSR count). The highest BCUT2D eigenvalue weighted by Crippen LogP contribution is 2.24. The third-order valence-corrected chi connectivity index (χ3v) is 3.14. The second kappa shape index (κ2) is 5.37. The average molecular weight is 231 g/mol. The van der Waals surface area contributed by atoms with Crippen LogP contribution in [0.1, 0.15) is 44.6 Å². The van der Waals surface area contributed by atoms with Gasteiger partial charge >= 0.3 is 0 Å². The summed E-state index contributed by atoms with van der Waals surface area (Å²) >= 11 is 0. The largest absolute Gasteiger partial charge is 0.459 e. The van der Waals surface area contributed by atoms with Gasteiger partial charge in [-0.1, -0.05) is 19.9 Å². The first-order valence-corrected chi connectivity index (χ1v) is 6.50. The Morgan fingerprint density at radius 3 is 2.76 bits per heavy atom. The highest BCUT2D eigenvalue weighted by Gasteiger charge is 2.10. The molecule has 0 saturated carbocycles. The molecule has 0 aliphatic heterocycles. The summed E-state index contributed by atoms with van der Waals surface area (Å²) in [5.41, 5.74) is 2.35. The minimum Gasteiger partial charge on any atom is -0.459 e. The first-order valence-electron chi connectivity index (χ1n) is 6.50. The zero-order chi connectivity index (χ0) is 12.3. The van der Waals surface area contributed by atoms with Crippen LogP contribution in [0.25, 0.3) is 11.0 Å². The molecule has 1 aromatic heterocycles. The van der Waals surface area contributed by atoms with Crippen molar-refractivity contribution in [3.05, 3.63) is 35.6 Å². The minimum atomic E-state index is 0.285. The summed E-state index contributed by atoms with van der Waals surface area (Å²) in [7, 11) is 0. The number of furan rings is 1. The lowest BCUT2D eigenvalue weighted by Crippen LogP contribution is -2.18. The summed E-state index contributed by atoms with van der Waals surface area (Å²) < 4.78 is 5.86. The fourth-order valence-electron chi connectivity index (χ4n) is 2.01. The van der Waals surface area contributed by atoms with Gasteiger partial charge in [0.1, 0.15) is 11.3 Å². The molecule has 2 nitrogen and oxygen atoms in total. The SMILES string of the molecule is CCCNC(C)c1cc2cc(CC)ccc2o1. The van der Waals surface area contributed by atoms with Crippen LogP contribution in [0.2, 0.25) is 0 Å². The molecular formula is C15H21NO. The van der Waals surface area contributed by atoms with Crippen molar-refractivity contribution >= 4 is 11.0 Å². The van der Waals surface area contributed by atoms with E-state index in [0.717, 1.165) is 30.7 Å². The first-order chi connectivity index (χ1) is 8.24. The van der Waals surface area contributed by atoms with E-state index in [1.54, 1.807) is 0 Å². The van der Waals surface area contributed by atoms with Crippen LogP contribution in [0, 0.1) is 0 Å². The van der Waals surface area contributed by atoms with Gasteiger partial charge in [-0.2, -0.15) is 0 Å². The van der Waals surface area contributed by atoms with Crippen molar-refractivity contribution in [1.82, 2.24) is 5.32 Å². The molecule has 0 saturated heterocycles. The topological polar surface area (TPSA) is 25.2 Å². The minimum absolute atomic E-state index is 0.285. The van der Waals surface area contributed by atoms with Gasteiger partial charge < -0.3 is 9.73 Å². The van der Waals surface area contributed by atoms with Gasteiger partial charge in [-0.05, 0) is 50.1 Å². The Bertz CT molecular complexity index is 487. The van der Waals surface area contributed by atoms with E-state index in [4.69, 9.17) is 4.42 Å². The van der Waals surface area contributed by atoms with Crippen LogP contribution in [-0.2, 0) is 6.42 Å². The fraction of sp³-hybridized carbons (Fsp3) is 0.467. The average Bonchev–Trinajstić information content (AvgIpc) is 2.78. The number of nitrogens with one attached hydrogen (secondary N) is 1. The number of rotatable bonds is 5. The van der Waals surface area contributed by atoms with Gasteiger partial charge in [-0.15, -0.1) is 0 Å². The quantitative estimate of drug-likeness (QED) is 0.839. The molecule has 0 aliphatic carbocycles. The Morgan fingerprint density at radius 1 is 1.24 bits per heavy atom. The van der Waals surface area contributed by atoms with Crippen molar-refractivity contribution in [2.75, 3.05) is 6.54 Å². The lowest BCUT2D eigenvalue weighted by Gasteiger charge is -2.09. The van der Waals surface area contributed by atoms with E-state index in [1.807, 2.05) is 0 Å². The molecule has 0 fully saturated rings. The Balaban J connectivity index is 2.24. The van der Waals surface area contributed by atoms with Gasteiger partial charge in [-0.25, -0.2) is 0 Å². The van der Waals surface area contributed by atoms with Crippen LogP contribution in [-0.4, -0.2) is 6.54 Å². The molecule has 2 aromatic rings. The number of benzene rings is 1. The fourth-order valence-corrected chi connectivity index (χ4v) is 2.01. The molecule has 1 heterocycles. The third-order valence-electron chi connectivity index (χ3n) is 3.14. The summed E-state index contributed by atoms with van der Waals surface area (Å²) in [5, 5.41) is 4.66. The van der Waals surface area contributed by atoms with E-state index in [2.05, 4.69) is 50.4 Å². The number of hydrogen-bond donors (Lipinski definition) is 1. The third kappa shape index (κ3) is 2.70. The Hall–Kier alpha value is -1.28. The summed E-state index contributed by atoms with van der Waals surface area (Å²) in [6.07, 6.45) is 2.21. The monoisotopic (exact) mass is 231 g/mol. The molecular weight excluding hydrogens is 210 g/mol. The van der Waals surface area contributed by atoms with E-state index in [1.165, 1.54) is 10.9 Å². The summed E-state index contributed by atoms with van der Waals surface area (Å²) in [6.45, 7) is 7.52. The van der Waals surface area contributed by atoms with Crippen LogP contribution in [0.3, 0.4) is 0 Å². The van der Waals surface area contributed by atoms with Crippen molar-refractivity contribution in [3.63, 3.8) is 0 Å². The summed E-state index contributed by atoms with van der Waals surface area (Å²) in [5.74, 6) is 1.03. The number of aryl methyl sites for hydroxylation is 1. The van der Waals surface area contributed by atoms with Crippen molar-refractivity contribution in [2.24, 2.45) is 0 Å². The van der Waals surface area contributed by atoms with Crippen LogP contribution >= 0.6 is 0 Å². The zero-order valence-corrected chi connectivity index (χ0v) is 10.9. The molecule has 2 heteroatoms. The molecule has 0 aliphatic rings. The Morgan fingerprint density at radius 2 is 2.06 bits per heavy atom. The van der Waals surface area contributed by atoms with E-state index in [9.17, 15) is 0 Å². The Labute approximate surface area is 103 Å². The highest BCUT2D eigenvalue weighted by atomic mass is 16.3. The maximum atomic E-state index is 5.86. The van der Waals surface area contributed by atoms with E-state index in [0.29, 0.717) is 0 Å². The summed E-state index contributed by atoms with van der Waals surface area (Å²) in [6, 6.07) is 8.87. The molecule has 0 spiro atoms. The number of hydrogen-bond acceptors (Lipinski definition) is 2. The van der Waals surface area contributed by atoms with E-state index >= 15 is 0 Å². The maximum Gasteiger partial charge on any atom is 0.134 e. The van der Waals surface area contributed by atoms with Crippen LogP contribution in [0.5, 0.6) is 0 Å². The van der Waals surface area contributed by atoms with Gasteiger partial charge in [0, 0.05) is 5.39 Å². The van der Waals surface area contributed by atoms with Crippen molar-refractivity contribution in [3.8, 4) is 0 Å². The smallest absolute Gasteiger partial charge is 0.134 e. The van der Waals surface area contributed by atoms with Crippen molar-refractivity contribution in [2.45, 2.75) is 39.7 Å². The molecule has 92 valence electrons. The van der Waals surface area contributed by atoms with E-state index < -0.39 is 0 Å². The van der Waals surface area contributed by atoms with Crippen molar-refractivity contribution in [1.29, 1.82) is 0 Å². The van der Waals surface area contributed by atoms with Crippen LogP contribution in [0.15, 0.2) is 28.7 Å². The molecule has 1 N–H and O–H groups in total. The number of fused-ring (bicyclic) bond motifs is 1. The molecule has 17 heavy (non-hydrogen) atoms. The lowest BCUT2D eigenvalue weighted by atomic mass is 10.1. The lowest BCUT2D eigenvalue weighted by molar-refractivity contribution is 0.452. The first kappa shape index (κ1) is 12.2. The normalized spacial score (nSPS) is 13.1. The van der Waals surface area contributed by atoms with Crippen molar-refractivity contribution < 1.29 is 4.42 Å². The van der Waals surface area contributed by atoms with Crippen LogP contribution in [0.4, 0.5) is 0 Å². The van der Waals surface area contributed by atoms with Gasteiger partial charge in [0.15, 0.2) is 0 Å². The predicted molar refractivity (Wildman–Crippen MR) is 72.3 cm³/mol.